The third-order valence-electron chi connectivity index (χ3n) is 7.45. The molecule has 6 rings (SSSR count). The Morgan fingerprint density at radius 2 is 1.55 bits per heavy atom. The SMILES string of the molecule is Cc1c(C(=O)N2CCC(c3nccn3Cc3nccn3Cc3ccccc3)CC2)cnn1-c1ccccc1. The van der Waals surface area contributed by atoms with E-state index in [2.05, 4.69) is 43.5 Å². The summed E-state index contributed by atoms with van der Waals surface area (Å²) < 4.78 is 6.23. The molecule has 0 N–H and O–H groups in total. The van der Waals surface area contributed by atoms with E-state index in [1.165, 1.54) is 5.56 Å². The van der Waals surface area contributed by atoms with E-state index < -0.39 is 0 Å². The van der Waals surface area contributed by atoms with Crippen LogP contribution in [-0.4, -0.2) is 52.8 Å². The molecule has 1 aliphatic heterocycles. The van der Waals surface area contributed by atoms with Crippen molar-refractivity contribution in [2.75, 3.05) is 13.1 Å². The Hall–Kier alpha value is -4.46. The number of carbonyl (C=O) groups excluding carboxylic acids is 1. The van der Waals surface area contributed by atoms with Gasteiger partial charge in [-0.25, -0.2) is 14.6 Å². The lowest BCUT2D eigenvalue weighted by atomic mass is 9.95. The normalized spacial score (nSPS) is 14.2. The van der Waals surface area contributed by atoms with Crippen LogP contribution in [0.1, 0.15) is 52.0 Å². The molecule has 8 heteroatoms. The Morgan fingerprint density at radius 1 is 0.868 bits per heavy atom. The van der Waals surface area contributed by atoms with Crippen LogP contribution in [0.15, 0.2) is 91.6 Å². The first-order valence-corrected chi connectivity index (χ1v) is 13.1. The molecule has 0 saturated carbocycles. The fraction of sp³-hybridized carbons (Fsp3) is 0.267. The van der Waals surface area contributed by atoms with Gasteiger partial charge < -0.3 is 14.0 Å². The maximum atomic E-state index is 13.4. The number of nitrogens with zero attached hydrogens (tertiary/aromatic N) is 7. The Bertz CT molecular complexity index is 1510. The van der Waals surface area contributed by atoms with Crippen LogP contribution in [-0.2, 0) is 13.1 Å². The number of benzene rings is 2. The first kappa shape index (κ1) is 23.9. The van der Waals surface area contributed by atoms with Gasteiger partial charge in [0.25, 0.3) is 5.91 Å². The number of hydrogen-bond acceptors (Lipinski definition) is 4. The lowest BCUT2D eigenvalue weighted by Crippen LogP contribution is -2.38. The number of amides is 1. The quantitative estimate of drug-likeness (QED) is 0.322. The van der Waals surface area contributed by atoms with E-state index in [-0.39, 0.29) is 5.91 Å². The van der Waals surface area contributed by atoms with E-state index in [1.807, 2.05) is 77.7 Å². The van der Waals surface area contributed by atoms with Crippen molar-refractivity contribution in [2.24, 2.45) is 0 Å². The minimum absolute atomic E-state index is 0.0504. The van der Waals surface area contributed by atoms with Crippen molar-refractivity contribution in [2.45, 2.75) is 38.8 Å². The number of imidazole rings is 2. The molecule has 38 heavy (non-hydrogen) atoms. The lowest BCUT2D eigenvalue weighted by molar-refractivity contribution is 0.0709. The van der Waals surface area contributed by atoms with E-state index in [4.69, 9.17) is 4.98 Å². The molecular formula is C30H31N7O. The molecule has 1 amide bonds. The summed E-state index contributed by atoms with van der Waals surface area (Å²) in [6, 6.07) is 20.3. The summed E-state index contributed by atoms with van der Waals surface area (Å²) >= 11 is 0. The van der Waals surface area contributed by atoms with Crippen molar-refractivity contribution in [3.05, 3.63) is 120 Å². The molecule has 2 aromatic carbocycles. The molecule has 1 aliphatic rings. The predicted molar refractivity (Wildman–Crippen MR) is 145 cm³/mol. The second-order valence-corrected chi connectivity index (χ2v) is 9.83. The van der Waals surface area contributed by atoms with Gasteiger partial charge in [0.05, 0.1) is 29.7 Å². The number of rotatable bonds is 7. The van der Waals surface area contributed by atoms with Gasteiger partial charge in [0.1, 0.15) is 11.6 Å². The standard InChI is InChI=1S/C30H31N7O/c1-23-27(20-33-37(23)26-10-6-3-7-11-26)30(38)34-16-12-25(13-17-34)29-32-15-19-36(29)22-28-31-14-18-35(28)21-24-8-4-2-5-9-24/h2-11,14-15,18-20,25H,12-13,16-17,21-22H2,1H3. The zero-order chi connectivity index (χ0) is 25.9. The zero-order valence-electron chi connectivity index (χ0n) is 21.5. The van der Waals surface area contributed by atoms with Gasteiger partial charge in [0.2, 0.25) is 0 Å². The Labute approximate surface area is 222 Å². The molecule has 0 bridgehead atoms. The highest BCUT2D eigenvalue weighted by Gasteiger charge is 2.29. The van der Waals surface area contributed by atoms with Gasteiger partial charge in [-0.05, 0) is 37.5 Å². The van der Waals surface area contributed by atoms with Crippen LogP contribution >= 0.6 is 0 Å². The molecule has 0 radical (unpaired) electrons. The van der Waals surface area contributed by atoms with Crippen LogP contribution in [0.4, 0.5) is 0 Å². The van der Waals surface area contributed by atoms with E-state index >= 15 is 0 Å². The third-order valence-corrected chi connectivity index (χ3v) is 7.45. The highest BCUT2D eigenvalue weighted by molar-refractivity contribution is 5.95. The highest BCUT2D eigenvalue weighted by Crippen LogP contribution is 2.28. The molecule has 0 spiro atoms. The van der Waals surface area contributed by atoms with E-state index in [9.17, 15) is 4.79 Å². The van der Waals surface area contributed by atoms with Crippen LogP contribution in [0, 0.1) is 6.92 Å². The summed E-state index contributed by atoms with van der Waals surface area (Å²) in [5, 5.41) is 4.49. The van der Waals surface area contributed by atoms with Gasteiger partial charge in [-0.3, -0.25) is 4.79 Å². The summed E-state index contributed by atoms with van der Waals surface area (Å²) in [5.74, 6) is 2.43. The molecular weight excluding hydrogens is 474 g/mol. The molecule has 5 aromatic rings. The van der Waals surface area contributed by atoms with E-state index in [0.717, 1.165) is 42.4 Å². The van der Waals surface area contributed by atoms with Gasteiger partial charge in [0.15, 0.2) is 0 Å². The molecule has 4 heterocycles. The van der Waals surface area contributed by atoms with Crippen LogP contribution in [0.3, 0.4) is 0 Å². The van der Waals surface area contributed by atoms with Gasteiger partial charge in [-0.1, -0.05) is 48.5 Å². The van der Waals surface area contributed by atoms with Crippen molar-refractivity contribution in [1.82, 2.24) is 33.8 Å². The first-order chi connectivity index (χ1) is 18.7. The number of para-hydroxylation sites is 1. The van der Waals surface area contributed by atoms with Crippen molar-refractivity contribution in [1.29, 1.82) is 0 Å². The summed E-state index contributed by atoms with van der Waals surface area (Å²) in [6.07, 6.45) is 11.3. The predicted octanol–water partition coefficient (Wildman–Crippen LogP) is 4.69. The maximum absolute atomic E-state index is 13.4. The maximum Gasteiger partial charge on any atom is 0.257 e. The molecule has 0 unspecified atom stereocenters. The fourth-order valence-corrected chi connectivity index (χ4v) is 5.34. The minimum Gasteiger partial charge on any atom is -0.338 e. The van der Waals surface area contributed by atoms with Crippen molar-refractivity contribution in [3.8, 4) is 5.69 Å². The average Bonchev–Trinajstić information content (AvgIpc) is 3.70. The molecule has 1 fully saturated rings. The third kappa shape index (κ3) is 4.77. The van der Waals surface area contributed by atoms with Crippen LogP contribution in [0.5, 0.6) is 0 Å². The number of carbonyl (C=O) groups is 1. The average molecular weight is 506 g/mol. The van der Waals surface area contributed by atoms with Gasteiger partial charge in [0, 0.05) is 50.3 Å². The summed E-state index contributed by atoms with van der Waals surface area (Å²) in [5.41, 5.74) is 3.74. The lowest BCUT2D eigenvalue weighted by Gasteiger charge is -2.32. The molecule has 0 atom stereocenters. The van der Waals surface area contributed by atoms with Crippen LogP contribution in [0.2, 0.25) is 0 Å². The summed E-state index contributed by atoms with van der Waals surface area (Å²) in [7, 11) is 0. The Balaban J connectivity index is 1.11. The van der Waals surface area contributed by atoms with E-state index in [0.29, 0.717) is 31.1 Å². The van der Waals surface area contributed by atoms with Crippen molar-refractivity contribution >= 4 is 5.91 Å². The second-order valence-electron chi connectivity index (χ2n) is 9.83. The number of aromatic nitrogens is 6. The number of hydrogen-bond donors (Lipinski definition) is 0. The molecule has 8 nitrogen and oxygen atoms in total. The summed E-state index contributed by atoms with van der Waals surface area (Å²) in [4.78, 5) is 24.7. The number of likely N-dealkylation sites (tertiary alicyclic amines) is 1. The molecule has 0 aliphatic carbocycles. The zero-order valence-corrected chi connectivity index (χ0v) is 21.5. The van der Waals surface area contributed by atoms with E-state index in [1.54, 1.807) is 6.20 Å². The second kappa shape index (κ2) is 10.5. The van der Waals surface area contributed by atoms with Gasteiger partial charge in [-0.15, -0.1) is 0 Å². The fourth-order valence-electron chi connectivity index (χ4n) is 5.34. The van der Waals surface area contributed by atoms with Gasteiger partial charge in [-0.2, -0.15) is 5.10 Å². The smallest absolute Gasteiger partial charge is 0.257 e. The molecule has 192 valence electrons. The van der Waals surface area contributed by atoms with Crippen molar-refractivity contribution < 1.29 is 4.79 Å². The van der Waals surface area contributed by atoms with Crippen LogP contribution < -0.4 is 0 Å². The topological polar surface area (TPSA) is 73.8 Å². The van der Waals surface area contributed by atoms with Crippen LogP contribution in [0.25, 0.3) is 5.69 Å². The van der Waals surface area contributed by atoms with Gasteiger partial charge >= 0.3 is 0 Å². The molecule has 3 aromatic heterocycles. The largest absolute Gasteiger partial charge is 0.338 e. The first-order valence-electron chi connectivity index (χ1n) is 13.1. The monoisotopic (exact) mass is 505 g/mol. The number of piperidine rings is 1. The molecule has 1 saturated heterocycles. The highest BCUT2D eigenvalue weighted by atomic mass is 16.2. The Morgan fingerprint density at radius 3 is 2.32 bits per heavy atom. The minimum atomic E-state index is 0.0504. The Kier molecular flexibility index (Phi) is 6.60. The summed E-state index contributed by atoms with van der Waals surface area (Å²) in [6.45, 7) is 4.83. The van der Waals surface area contributed by atoms with Crippen molar-refractivity contribution in [3.63, 3.8) is 0 Å².